The van der Waals surface area contributed by atoms with Crippen LogP contribution >= 0.6 is 0 Å². The molecule has 1 aromatic rings. The second kappa shape index (κ2) is 7.07. The molecule has 116 valence electrons. The third-order valence-electron chi connectivity index (χ3n) is 2.68. The van der Waals surface area contributed by atoms with E-state index >= 15 is 0 Å². The molecular weight excluding hydrogens is 289 g/mol. The summed E-state index contributed by atoms with van der Waals surface area (Å²) in [6, 6.07) is 0.720. The maximum Gasteiger partial charge on any atom is 0.313 e. The largest absolute Gasteiger partial charge is 0.393 e. The maximum atomic E-state index is 13.3. The highest BCUT2D eigenvalue weighted by molar-refractivity contribution is 6.39. The average Bonchev–Trinajstić information content (AvgIpc) is 2.41. The summed E-state index contributed by atoms with van der Waals surface area (Å²) in [4.78, 5) is 24.3. The van der Waals surface area contributed by atoms with Crippen molar-refractivity contribution in [2.24, 2.45) is 0 Å². The van der Waals surface area contributed by atoms with Crippen molar-refractivity contribution in [2.45, 2.75) is 19.4 Å². The normalized spacial score (nSPS) is 11.9. The Bertz CT molecular complexity index is 550. The SMILES string of the molecule is CC(O)CCN(C)C(=O)C(=O)Nc1cc(F)c(F)cc1F. The van der Waals surface area contributed by atoms with E-state index in [2.05, 4.69) is 0 Å². The number of halogens is 3. The molecule has 2 N–H and O–H groups in total. The lowest BCUT2D eigenvalue weighted by Gasteiger charge is -2.17. The van der Waals surface area contributed by atoms with E-state index in [0.29, 0.717) is 6.07 Å². The number of anilines is 1. The Balaban J connectivity index is 2.72. The van der Waals surface area contributed by atoms with Crippen molar-refractivity contribution in [3.8, 4) is 0 Å². The molecule has 1 atom stereocenters. The van der Waals surface area contributed by atoms with Crippen molar-refractivity contribution < 1.29 is 27.9 Å². The van der Waals surface area contributed by atoms with Crippen molar-refractivity contribution in [3.05, 3.63) is 29.6 Å². The van der Waals surface area contributed by atoms with Gasteiger partial charge in [-0.05, 0) is 13.3 Å². The van der Waals surface area contributed by atoms with Gasteiger partial charge in [0.1, 0.15) is 5.82 Å². The fourth-order valence-electron chi connectivity index (χ4n) is 1.45. The Morgan fingerprint density at radius 1 is 1.24 bits per heavy atom. The summed E-state index contributed by atoms with van der Waals surface area (Å²) in [5.41, 5.74) is -0.629. The first kappa shape index (κ1) is 17.0. The molecule has 0 radical (unpaired) electrons. The van der Waals surface area contributed by atoms with Crippen LogP contribution in [-0.2, 0) is 9.59 Å². The number of nitrogens with zero attached hydrogens (tertiary/aromatic N) is 1. The maximum absolute atomic E-state index is 13.3. The lowest BCUT2D eigenvalue weighted by molar-refractivity contribution is -0.142. The number of hydrogen-bond donors (Lipinski definition) is 2. The van der Waals surface area contributed by atoms with E-state index in [1.54, 1.807) is 0 Å². The topological polar surface area (TPSA) is 69.6 Å². The summed E-state index contributed by atoms with van der Waals surface area (Å²) < 4.78 is 39.0. The molecular formula is C13H15F3N2O3. The van der Waals surface area contributed by atoms with Gasteiger partial charge in [-0.2, -0.15) is 0 Å². The van der Waals surface area contributed by atoms with Crippen molar-refractivity contribution in [2.75, 3.05) is 18.9 Å². The Morgan fingerprint density at radius 3 is 2.38 bits per heavy atom. The fraction of sp³-hybridized carbons (Fsp3) is 0.385. The molecule has 0 fully saturated rings. The van der Waals surface area contributed by atoms with Gasteiger partial charge in [-0.15, -0.1) is 0 Å². The molecule has 0 aliphatic rings. The Labute approximate surface area is 119 Å². The lowest BCUT2D eigenvalue weighted by Crippen LogP contribution is -2.38. The Kier molecular flexibility index (Phi) is 5.71. The molecule has 0 spiro atoms. The number of aliphatic hydroxyl groups is 1. The minimum absolute atomic E-state index is 0.115. The van der Waals surface area contributed by atoms with Crippen LogP contribution < -0.4 is 5.32 Å². The standard InChI is InChI=1S/C13H15F3N2O3/c1-7(19)3-4-18(2)13(21)12(20)17-11-6-9(15)8(14)5-10(11)16/h5-7,19H,3-4H2,1-2H3,(H,17,20). The van der Waals surface area contributed by atoms with Crippen LogP contribution in [-0.4, -0.2) is 41.5 Å². The van der Waals surface area contributed by atoms with E-state index in [9.17, 15) is 22.8 Å². The predicted octanol–water partition coefficient (Wildman–Crippen LogP) is 1.27. The summed E-state index contributed by atoms with van der Waals surface area (Å²) in [5, 5.41) is 11.0. The number of rotatable bonds is 4. The van der Waals surface area contributed by atoms with E-state index in [1.807, 2.05) is 5.32 Å². The van der Waals surface area contributed by atoms with Gasteiger partial charge in [0.2, 0.25) is 0 Å². The van der Waals surface area contributed by atoms with Gasteiger partial charge in [-0.3, -0.25) is 9.59 Å². The van der Waals surface area contributed by atoms with Gasteiger partial charge in [0, 0.05) is 25.7 Å². The molecule has 1 rings (SSSR count). The lowest BCUT2D eigenvalue weighted by atomic mass is 10.2. The molecule has 0 saturated carbocycles. The molecule has 0 saturated heterocycles. The van der Waals surface area contributed by atoms with Crippen LogP contribution in [0.15, 0.2) is 12.1 Å². The van der Waals surface area contributed by atoms with Crippen molar-refractivity contribution in [3.63, 3.8) is 0 Å². The summed E-state index contributed by atoms with van der Waals surface area (Å²) in [7, 11) is 1.33. The molecule has 1 unspecified atom stereocenters. The highest BCUT2D eigenvalue weighted by Gasteiger charge is 2.21. The van der Waals surface area contributed by atoms with E-state index in [4.69, 9.17) is 5.11 Å². The zero-order valence-electron chi connectivity index (χ0n) is 11.5. The fourth-order valence-corrected chi connectivity index (χ4v) is 1.45. The number of likely N-dealkylation sites (N-methyl/N-ethyl adjacent to an activating group) is 1. The van der Waals surface area contributed by atoms with Crippen LogP contribution in [0.3, 0.4) is 0 Å². The predicted molar refractivity (Wildman–Crippen MR) is 68.9 cm³/mol. The van der Waals surface area contributed by atoms with Crippen LogP contribution in [0.2, 0.25) is 0 Å². The van der Waals surface area contributed by atoms with Gasteiger partial charge in [0.15, 0.2) is 11.6 Å². The van der Waals surface area contributed by atoms with Crippen molar-refractivity contribution in [1.82, 2.24) is 4.90 Å². The van der Waals surface area contributed by atoms with Gasteiger partial charge in [0.05, 0.1) is 11.8 Å². The van der Waals surface area contributed by atoms with Gasteiger partial charge < -0.3 is 15.3 Å². The monoisotopic (exact) mass is 304 g/mol. The molecule has 0 aliphatic carbocycles. The van der Waals surface area contributed by atoms with Gasteiger partial charge in [-0.25, -0.2) is 13.2 Å². The number of hydrogen-bond acceptors (Lipinski definition) is 3. The van der Waals surface area contributed by atoms with Gasteiger partial charge in [-0.1, -0.05) is 0 Å². The summed E-state index contributed by atoms with van der Waals surface area (Å²) >= 11 is 0. The minimum atomic E-state index is -1.40. The molecule has 0 heterocycles. The molecule has 2 amide bonds. The first-order valence-corrected chi connectivity index (χ1v) is 6.11. The number of aliphatic hydroxyl groups excluding tert-OH is 1. The van der Waals surface area contributed by atoms with Crippen LogP contribution in [0, 0.1) is 17.5 Å². The zero-order chi connectivity index (χ0) is 16.2. The summed E-state index contributed by atoms with van der Waals surface area (Å²) in [6.45, 7) is 1.64. The van der Waals surface area contributed by atoms with Gasteiger partial charge in [0.25, 0.3) is 0 Å². The Hall–Kier alpha value is -2.09. The molecule has 0 bridgehead atoms. The third-order valence-corrected chi connectivity index (χ3v) is 2.68. The van der Waals surface area contributed by atoms with Crippen LogP contribution in [0.5, 0.6) is 0 Å². The highest BCUT2D eigenvalue weighted by Crippen LogP contribution is 2.18. The molecule has 1 aromatic carbocycles. The van der Waals surface area contributed by atoms with Crippen LogP contribution in [0.25, 0.3) is 0 Å². The number of carbonyl (C=O) groups excluding carboxylic acids is 2. The smallest absolute Gasteiger partial charge is 0.313 e. The highest BCUT2D eigenvalue weighted by atomic mass is 19.2. The summed E-state index contributed by atoms with van der Waals surface area (Å²) in [6.07, 6.45) is -0.387. The molecule has 5 nitrogen and oxygen atoms in total. The van der Waals surface area contributed by atoms with E-state index < -0.39 is 41.1 Å². The average molecular weight is 304 g/mol. The number of carbonyl (C=O) groups is 2. The third kappa shape index (κ3) is 4.75. The van der Waals surface area contributed by atoms with Gasteiger partial charge >= 0.3 is 11.8 Å². The van der Waals surface area contributed by atoms with Crippen LogP contribution in [0.1, 0.15) is 13.3 Å². The van der Waals surface area contributed by atoms with Crippen molar-refractivity contribution in [1.29, 1.82) is 0 Å². The molecule has 0 aliphatic heterocycles. The second-order valence-electron chi connectivity index (χ2n) is 4.56. The zero-order valence-corrected chi connectivity index (χ0v) is 11.5. The first-order valence-electron chi connectivity index (χ1n) is 6.11. The first-order chi connectivity index (χ1) is 9.72. The second-order valence-corrected chi connectivity index (χ2v) is 4.56. The minimum Gasteiger partial charge on any atom is -0.393 e. The Morgan fingerprint density at radius 2 is 1.81 bits per heavy atom. The number of benzene rings is 1. The van der Waals surface area contributed by atoms with Crippen molar-refractivity contribution >= 4 is 17.5 Å². The molecule has 0 aromatic heterocycles. The number of amides is 2. The molecule has 8 heteroatoms. The van der Waals surface area contributed by atoms with E-state index in [0.717, 1.165) is 4.90 Å². The summed E-state index contributed by atoms with van der Waals surface area (Å²) in [5.74, 6) is -6.11. The number of nitrogens with one attached hydrogen (secondary N) is 1. The van der Waals surface area contributed by atoms with Crippen LogP contribution in [0.4, 0.5) is 18.9 Å². The quantitative estimate of drug-likeness (QED) is 0.650. The van der Waals surface area contributed by atoms with E-state index in [-0.39, 0.29) is 19.0 Å². The molecule has 21 heavy (non-hydrogen) atoms. The van der Waals surface area contributed by atoms with E-state index in [1.165, 1.54) is 14.0 Å².